The fourth-order valence-electron chi connectivity index (χ4n) is 2.13. The Hall–Kier alpha value is -2.44. The third-order valence-electron chi connectivity index (χ3n) is 3.44. The molecule has 0 aliphatic rings. The Morgan fingerprint density at radius 2 is 1.76 bits per heavy atom. The highest BCUT2D eigenvalue weighted by atomic mass is 32.1. The summed E-state index contributed by atoms with van der Waals surface area (Å²) in [6, 6.07) is 17.0. The Morgan fingerprint density at radius 1 is 1.04 bits per heavy atom. The molecule has 2 rings (SSSR count). The lowest BCUT2D eigenvalue weighted by atomic mass is 10.1. The first-order valence-corrected chi connectivity index (χ1v) is 8.45. The number of ether oxygens (including phenoxy) is 2. The van der Waals surface area contributed by atoms with Crippen LogP contribution in [-0.2, 0) is 11.2 Å². The lowest BCUT2D eigenvalue weighted by Gasteiger charge is -2.10. The van der Waals surface area contributed by atoms with Crippen LogP contribution in [0.25, 0.3) is 0 Å². The number of carbonyl (C=O) groups excluding carboxylic acids is 1. The summed E-state index contributed by atoms with van der Waals surface area (Å²) in [5.74, 6) is 0.442. The van der Waals surface area contributed by atoms with E-state index >= 15 is 0 Å². The minimum absolute atomic E-state index is 0.249. The van der Waals surface area contributed by atoms with E-state index in [1.807, 2.05) is 18.2 Å². The van der Waals surface area contributed by atoms with Crippen molar-refractivity contribution in [1.29, 1.82) is 0 Å². The molecule has 25 heavy (non-hydrogen) atoms. The van der Waals surface area contributed by atoms with Crippen molar-refractivity contribution >= 4 is 23.2 Å². The highest BCUT2D eigenvalue weighted by Crippen LogP contribution is 2.12. The summed E-state index contributed by atoms with van der Waals surface area (Å²) < 4.78 is 10.4. The van der Waals surface area contributed by atoms with Crippen LogP contribution in [0.2, 0.25) is 0 Å². The summed E-state index contributed by atoms with van der Waals surface area (Å²) in [4.78, 5) is 12.2. The van der Waals surface area contributed by atoms with Gasteiger partial charge in [-0.15, -0.1) is 0 Å². The molecule has 6 heteroatoms. The Balaban J connectivity index is 1.73. The summed E-state index contributed by atoms with van der Waals surface area (Å²) in [7, 11) is 1.62. The van der Waals surface area contributed by atoms with Crippen LogP contribution in [-0.4, -0.2) is 37.9 Å². The zero-order valence-electron chi connectivity index (χ0n) is 14.2. The van der Waals surface area contributed by atoms with Crippen LogP contribution >= 0.6 is 12.2 Å². The molecule has 2 aromatic rings. The smallest absolute Gasteiger partial charge is 0.257 e. The number of hydrogen-bond acceptors (Lipinski definition) is 4. The first-order chi connectivity index (χ1) is 12.2. The van der Waals surface area contributed by atoms with Gasteiger partial charge in [-0.1, -0.05) is 30.3 Å². The van der Waals surface area contributed by atoms with E-state index in [1.165, 1.54) is 5.56 Å². The molecule has 5 nitrogen and oxygen atoms in total. The summed E-state index contributed by atoms with van der Waals surface area (Å²) in [5.41, 5.74) is 1.74. The van der Waals surface area contributed by atoms with Crippen molar-refractivity contribution in [3.05, 3.63) is 65.7 Å². The Bertz CT molecular complexity index is 675. The first-order valence-electron chi connectivity index (χ1n) is 8.04. The second-order valence-corrected chi connectivity index (χ2v) is 5.72. The Kier molecular flexibility index (Phi) is 7.88. The average Bonchev–Trinajstić information content (AvgIpc) is 2.63. The monoisotopic (exact) mass is 358 g/mol. The molecule has 0 heterocycles. The summed E-state index contributed by atoms with van der Waals surface area (Å²) in [6.45, 7) is 1.65. The van der Waals surface area contributed by atoms with E-state index in [4.69, 9.17) is 21.7 Å². The second-order valence-electron chi connectivity index (χ2n) is 5.31. The van der Waals surface area contributed by atoms with Gasteiger partial charge in [-0.05, 0) is 48.5 Å². The summed E-state index contributed by atoms with van der Waals surface area (Å²) in [6.07, 6.45) is 0.838. The molecule has 0 aliphatic heterocycles. The second kappa shape index (κ2) is 10.4. The Morgan fingerprint density at radius 3 is 2.44 bits per heavy atom. The molecule has 0 saturated carbocycles. The summed E-state index contributed by atoms with van der Waals surface area (Å²) >= 11 is 5.16. The van der Waals surface area contributed by atoms with Gasteiger partial charge in [0.2, 0.25) is 0 Å². The van der Waals surface area contributed by atoms with Crippen molar-refractivity contribution in [2.24, 2.45) is 0 Å². The number of amides is 1. The minimum Gasteiger partial charge on any atom is -0.491 e. The van der Waals surface area contributed by atoms with E-state index in [1.54, 1.807) is 31.4 Å². The number of carbonyl (C=O) groups is 1. The van der Waals surface area contributed by atoms with Gasteiger partial charge < -0.3 is 14.8 Å². The van der Waals surface area contributed by atoms with Gasteiger partial charge in [0.15, 0.2) is 5.11 Å². The lowest BCUT2D eigenvalue weighted by Crippen LogP contribution is -2.40. The van der Waals surface area contributed by atoms with E-state index in [9.17, 15) is 4.79 Å². The third kappa shape index (κ3) is 6.91. The highest BCUT2D eigenvalue weighted by molar-refractivity contribution is 7.80. The molecule has 0 bridgehead atoms. The predicted octanol–water partition coefficient (Wildman–Crippen LogP) is 2.56. The summed E-state index contributed by atoms with van der Waals surface area (Å²) in [5, 5.41) is 6.03. The zero-order chi connectivity index (χ0) is 17.9. The quantitative estimate of drug-likeness (QED) is 0.561. The zero-order valence-corrected chi connectivity index (χ0v) is 15.0. The largest absolute Gasteiger partial charge is 0.491 e. The Labute approximate surface area is 153 Å². The van der Waals surface area contributed by atoms with Crippen molar-refractivity contribution in [3.8, 4) is 5.75 Å². The number of hydrogen-bond donors (Lipinski definition) is 2. The van der Waals surface area contributed by atoms with E-state index < -0.39 is 0 Å². The van der Waals surface area contributed by atoms with Crippen molar-refractivity contribution in [2.45, 2.75) is 6.42 Å². The molecule has 1 amide bonds. The van der Waals surface area contributed by atoms with E-state index in [2.05, 4.69) is 22.8 Å². The number of rotatable bonds is 8. The van der Waals surface area contributed by atoms with Gasteiger partial charge in [0.1, 0.15) is 12.4 Å². The van der Waals surface area contributed by atoms with Crippen molar-refractivity contribution in [2.75, 3.05) is 26.9 Å². The standard InChI is InChI=1S/C19H22N2O3S/c1-23-13-14-24-17-9-7-16(8-10-17)18(22)21-19(25)20-12-11-15-5-3-2-4-6-15/h2-10H,11-14H2,1H3,(H2,20,21,22,25). The number of thiocarbonyl (C=S) groups is 1. The molecular formula is C19H22N2O3S. The molecule has 0 fully saturated rings. The highest BCUT2D eigenvalue weighted by Gasteiger charge is 2.07. The third-order valence-corrected chi connectivity index (χ3v) is 3.69. The van der Waals surface area contributed by atoms with Crippen molar-refractivity contribution in [3.63, 3.8) is 0 Å². The van der Waals surface area contributed by atoms with Crippen molar-refractivity contribution in [1.82, 2.24) is 10.6 Å². The van der Waals surface area contributed by atoms with Gasteiger partial charge in [0.05, 0.1) is 6.61 Å². The van der Waals surface area contributed by atoms with Gasteiger partial charge in [-0.3, -0.25) is 10.1 Å². The lowest BCUT2D eigenvalue weighted by molar-refractivity contribution is 0.0976. The maximum Gasteiger partial charge on any atom is 0.257 e. The topological polar surface area (TPSA) is 59.6 Å². The molecule has 0 atom stereocenters. The van der Waals surface area contributed by atoms with Crippen LogP contribution in [0.15, 0.2) is 54.6 Å². The van der Waals surface area contributed by atoms with Crippen LogP contribution in [0.3, 0.4) is 0 Å². The van der Waals surface area contributed by atoms with Crippen LogP contribution in [0.4, 0.5) is 0 Å². The molecule has 0 aliphatic carbocycles. The number of nitrogens with one attached hydrogen (secondary N) is 2. The van der Waals surface area contributed by atoms with Gasteiger partial charge in [-0.25, -0.2) is 0 Å². The number of methoxy groups -OCH3 is 1. The molecule has 0 radical (unpaired) electrons. The molecule has 132 valence electrons. The van der Waals surface area contributed by atoms with Gasteiger partial charge in [-0.2, -0.15) is 0 Å². The fraction of sp³-hybridized carbons (Fsp3) is 0.263. The van der Waals surface area contributed by atoms with E-state index in [-0.39, 0.29) is 5.91 Å². The average molecular weight is 358 g/mol. The van der Waals surface area contributed by atoms with E-state index in [0.29, 0.717) is 36.2 Å². The van der Waals surface area contributed by atoms with Crippen LogP contribution < -0.4 is 15.4 Å². The van der Waals surface area contributed by atoms with Gasteiger partial charge >= 0.3 is 0 Å². The van der Waals surface area contributed by atoms with Crippen molar-refractivity contribution < 1.29 is 14.3 Å². The maximum absolute atomic E-state index is 12.2. The normalized spacial score (nSPS) is 10.1. The molecule has 0 spiro atoms. The first kappa shape index (κ1) is 18.9. The van der Waals surface area contributed by atoms with E-state index in [0.717, 1.165) is 6.42 Å². The van der Waals surface area contributed by atoms with Crippen LogP contribution in [0, 0.1) is 0 Å². The minimum atomic E-state index is -0.249. The number of benzene rings is 2. The molecule has 0 saturated heterocycles. The fourth-order valence-corrected chi connectivity index (χ4v) is 2.32. The van der Waals surface area contributed by atoms with Gasteiger partial charge in [0.25, 0.3) is 5.91 Å². The molecule has 2 aromatic carbocycles. The molecule has 0 unspecified atom stereocenters. The molecule has 0 aromatic heterocycles. The molecular weight excluding hydrogens is 336 g/mol. The SMILES string of the molecule is COCCOc1ccc(C(=O)NC(=S)NCCc2ccccc2)cc1. The predicted molar refractivity (Wildman–Crippen MR) is 102 cm³/mol. The van der Waals surface area contributed by atoms with Gasteiger partial charge in [0, 0.05) is 19.2 Å². The molecule has 2 N–H and O–H groups in total. The maximum atomic E-state index is 12.2. The van der Waals surface area contributed by atoms with Crippen LogP contribution in [0.5, 0.6) is 5.75 Å². The van der Waals surface area contributed by atoms with Crippen LogP contribution in [0.1, 0.15) is 15.9 Å².